The second kappa shape index (κ2) is 9.23. The molecule has 0 bridgehead atoms. The van der Waals surface area contributed by atoms with Gasteiger partial charge in [-0.3, -0.25) is 14.3 Å². The van der Waals surface area contributed by atoms with Gasteiger partial charge in [0.2, 0.25) is 5.91 Å². The summed E-state index contributed by atoms with van der Waals surface area (Å²) >= 11 is 0. The highest BCUT2D eigenvalue weighted by molar-refractivity contribution is 7.92. The van der Waals surface area contributed by atoms with Crippen LogP contribution in [0.1, 0.15) is 16.1 Å². The quantitative estimate of drug-likeness (QED) is 0.506. The summed E-state index contributed by atoms with van der Waals surface area (Å²) in [6.07, 6.45) is 1.49. The zero-order valence-electron chi connectivity index (χ0n) is 15.6. The molecule has 1 heterocycles. The normalized spacial score (nSPS) is 11.0. The molecule has 30 heavy (non-hydrogen) atoms. The average Bonchev–Trinajstić information content (AvgIpc) is 3.26. The number of halogens is 1. The number of rotatable bonds is 8. The molecule has 0 aliphatic carbocycles. The number of sulfonamides is 1. The number of amides is 2. The molecule has 156 valence electrons. The van der Waals surface area contributed by atoms with E-state index < -0.39 is 27.7 Å². The van der Waals surface area contributed by atoms with Crippen LogP contribution in [-0.2, 0) is 21.4 Å². The monoisotopic (exact) mass is 431 g/mol. The van der Waals surface area contributed by atoms with E-state index >= 15 is 0 Å². The Bertz CT molecular complexity index is 1110. The van der Waals surface area contributed by atoms with Gasteiger partial charge in [0.05, 0.1) is 24.2 Å². The van der Waals surface area contributed by atoms with Crippen molar-refractivity contribution in [3.63, 3.8) is 0 Å². The van der Waals surface area contributed by atoms with E-state index in [0.29, 0.717) is 5.76 Å². The van der Waals surface area contributed by atoms with Gasteiger partial charge in [0.15, 0.2) is 0 Å². The van der Waals surface area contributed by atoms with Gasteiger partial charge in [-0.05, 0) is 60.7 Å². The number of hydrogen-bond acceptors (Lipinski definition) is 5. The number of carbonyl (C=O) groups is 2. The van der Waals surface area contributed by atoms with Gasteiger partial charge in [0.1, 0.15) is 11.6 Å². The van der Waals surface area contributed by atoms with E-state index in [0.717, 1.165) is 12.1 Å². The Kier molecular flexibility index (Phi) is 6.48. The number of carbonyl (C=O) groups excluding carboxylic acids is 2. The molecule has 2 amide bonds. The molecule has 0 fully saturated rings. The van der Waals surface area contributed by atoms with Crippen molar-refractivity contribution in [3.8, 4) is 0 Å². The maximum Gasteiger partial charge on any atom is 0.261 e. The molecule has 0 spiro atoms. The summed E-state index contributed by atoms with van der Waals surface area (Å²) in [4.78, 5) is 23.9. The van der Waals surface area contributed by atoms with Crippen molar-refractivity contribution in [1.29, 1.82) is 0 Å². The minimum absolute atomic E-state index is 0.0698. The van der Waals surface area contributed by atoms with Gasteiger partial charge < -0.3 is 15.1 Å². The number of anilines is 1. The van der Waals surface area contributed by atoms with Gasteiger partial charge in [-0.2, -0.15) is 0 Å². The average molecular weight is 431 g/mol. The standard InChI is InChI=1S/C20H18FN3O5S/c21-15-5-7-16(8-6-15)24-30(27,28)18-9-3-14(4-10-18)20(26)23-13-19(25)22-12-17-2-1-11-29-17/h1-11,24H,12-13H2,(H,22,25)(H,23,26). The third-order valence-corrected chi connectivity index (χ3v) is 5.37. The lowest BCUT2D eigenvalue weighted by molar-refractivity contribution is -0.120. The number of hydrogen-bond donors (Lipinski definition) is 3. The minimum Gasteiger partial charge on any atom is -0.467 e. The molecule has 0 aliphatic rings. The second-order valence-electron chi connectivity index (χ2n) is 6.18. The van der Waals surface area contributed by atoms with Crippen LogP contribution in [0.3, 0.4) is 0 Å². The fourth-order valence-corrected chi connectivity index (χ4v) is 3.50. The van der Waals surface area contributed by atoms with Crippen LogP contribution in [-0.4, -0.2) is 26.8 Å². The molecule has 0 atom stereocenters. The predicted octanol–water partition coefficient (Wildman–Crippen LogP) is 2.27. The smallest absolute Gasteiger partial charge is 0.261 e. The first-order valence-electron chi connectivity index (χ1n) is 8.79. The Morgan fingerprint density at radius 2 is 1.63 bits per heavy atom. The molecule has 8 nitrogen and oxygen atoms in total. The highest BCUT2D eigenvalue weighted by Gasteiger charge is 2.16. The van der Waals surface area contributed by atoms with Crippen molar-refractivity contribution < 1.29 is 26.8 Å². The molecule has 2 aromatic carbocycles. The van der Waals surface area contributed by atoms with Crippen LogP contribution < -0.4 is 15.4 Å². The molecule has 3 rings (SSSR count). The Morgan fingerprint density at radius 3 is 2.27 bits per heavy atom. The van der Waals surface area contributed by atoms with Crippen molar-refractivity contribution >= 4 is 27.5 Å². The highest BCUT2D eigenvalue weighted by atomic mass is 32.2. The van der Waals surface area contributed by atoms with E-state index in [1.165, 1.54) is 42.7 Å². The Balaban J connectivity index is 1.54. The van der Waals surface area contributed by atoms with Gasteiger partial charge >= 0.3 is 0 Å². The van der Waals surface area contributed by atoms with Crippen molar-refractivity contribution in [2.45, 2.75) is 11.4 Å². The summed E-state index contributed by atoms with van der Waals surface area (Å²) in [6.45, 7) is -0.0406. The van der Waals surface area contributed by atoms with Crippen LogP contribution in [0, 0.1) is 5.82 Å². The fraction of sp³-hybridized carbons (Fsp3) is 0.100. The van der Waals surface area contributed by atoms with Crippen molar-refractivity contribution in [3.05, 3.63) is 84.1 Å². The van der Waals surface area contributed by atoms with E-state index in [1.807, 2.05) is 0 Å². The molecular weight excluding hydrogens is 413 g/mol. The number of furan rings is 1. The van der Waals surface area contributed by atoms with Gasteiger partial charge in [0, 0.05) is 11.3 Å². The van der Waals surface area contributed by atoms with Crippen LogP contribution in [0.25, 0.3) is 0 Å². The minimum atomic E-state index is -3.90. The van der Waals surface area contributed by atoms with E-state index in [2.05, 4.69) is 15.4 Å². The summed E-state index contributed by atoms with van der Waals surface area (Å²) in [7, 11) is -3.90. The van der Waals surface area contributed by atoms with E-state index in [9.17, 15) is 22.4 Å². The maximum atomic E-state index is 12.9. The molecule has 0 saturated carbocycles. The van der Waals surface area contributed by atoms with Crippen molar-refractivity contribution in [1.82, 2.24) is 10.6 Å². The molecule has 0 unspecified atom stereocenters. The van der Waals surface area contributed by atoms with Crippen molar-refractivity contribution in [2.75, 3.05) is 11.3 Å². The first kappa shape index (κ1) is 21.1. The Labute approximate surface area is 172 Å². The first-order chi connectivity index (χ1) is 14.3. The topological polar surface area (TPSA) is 118 Å². The highest BCUT2D eigenvalue weighted by Crippen LogP contribution is 2.17. The van der Waals surface area contributed by atoms with Gasteiger partial charge in [-0.15, -0.1) is 0 Å². The second-order valence-corrected chi connectivity index (χ2v) is 7.86. The Morgan fingerprint density at radius 1 is 0.933 bits per heavy atom. The molecule has 3 N–H and O–H groups in total. The third kappa shape index (κ3) is 5.67. The SMILES string of the molecule is O=C(CNC(=O)c1ccc(S(=O)(=O)Nc2ccc(F)cc2)cc1)NCc1ccco1. The van der Waals surface area contributed by atoms with Gasteiger partial charge in [-0.25, -0.2) is 12.8 Å². The molecule has 3 aromatic rings. The molecule has 0 radical (unpaired) electrons. The van der Waals surface area contributed by atoms with Gasteiger partial charge in [0.25, 0.3) is 15.9 Å². The van der Waals surface area contributed by atoms with Crippen LogP contribution in [0.5, 0.6) is 0 Å². The van der Waals surface area contributed by atoms with Crippen molar-refractivity contribution in [2.24, 2.45) is 0 Å². The zero-order chi connectivity index (χ0) is 21.6. The van der Waals surface area contributed by atoms with E-state index in [1.54, 1.807) is 12.1 Å². The van der Waals surface area contributed by atoms with Gasteiger partial charge in [-0.1, -0.05) is 0 Å². The maximum absolute atomic E-state index is 12.9. The summed E-state index contributed by atoms with van der Waals surface area (Å²) in [6, 6.07) is 13.4. The molecule has 10 heteroatoms. The van der Waals surface area contributed by atoms with Crippen LogP contribution in [0.2, 0.25) is 0 Å². The van der Waals surface area contributed by atoms with Crippen LogP contribution >= 0.6 is 0 Å². The summed E-state index contributed by atoms with van der Waals surface area (Å²) in [5.41, 5.74) is 0.397. The Hall–Kier alpha value is -3.66. The number of benzene rings is 2. The summed E-state index contributed by atoms with van der Waals surface area (Å²) < 4.78 is 45.1. The van der Waals surface area contributed by atoms with Crippen LogP contribution in [0.15, 0.2) is 76.2 Å². The molecular formula is C20H18FN3O5S. The summed E-state index contributed by atoms with van der Waals surface area (Å²) in [5.74, 6) is -0.829. The first-order valence-corrected chi connectivity index (χ1v) is 10.3. The predicted molar refractivity (Wildman–Crippen MR) is 107 cm³/mol. The number of nitrogens with one attached hydrogen (secondary N) is 3. The molecule has 0 saturated heterocycles. The summed E-state index contributed by atoms with van der Waals surface area (Å²) in [5, 5.41) is 5.04. The molecule has 0 aliphatic heterocycles. The molecule has 1 aromatic heterocycles. The lowest BCUT2D eigenvalue weighted by atomic mass is 10.2. The largest absolute Gasteiger partial charge is 0.467 e. The lowest BCUT2D eigenvalue weighted by Crippen LogP contribution is -2.36. The zero-order valence-corrected chi connectivity index (χ0v) is 16.4. The fourth-order valence-electron chi connectivity index (χ4n) is 2.44. The van der Waals surface area contributed by atoms with Crippen LogP contribution in [0.4, 0.5) is 10.1 Å². The lowest BCUT2D eigenvalue weighted by Gasteiger charge is -2.09. The van der Waals surface area contributed by atoms with E-state index in [-0.39, 0.29) is 29.2 Å². The van der Waals surface area contributed by atoms with E-state index in [4.69, 9.17) is 4.42 Å². The third-order valence-electron chi connectivity index (χ3n) is 3.97.